The fraction of sp³-hybridized carbons (Fsp3) is 0.500. The zero-order chi connectivity index (χ0) is 14.2. The molecule has 0 amide bonds. The summed E-state index contributed by atoms with van der Waals surface area (Å²) in [5.74, 6) is 1.74. The van der Waals surface area contributed by atoms with Gasteiger partial charge in [-0.2, -0.15) is 0 Å². The fourth-order valence-electron chi connectivity index (χ4n) is 2.42. The van der Waals surface area contributed by atoms with E-state index in [4.69, 9.17) is 15.2 Å². The van der Waals surface area contributed by atoms with Crippen molar-refractivity contribution in [2.24, 2.45) is 5.73 Å². The van der Waals surface area contributed by atoms with Gasteiger partial charge in [-0.05, 0) is 37.1 Å². The summed E-state index contributed by atoms with van der Waals surface area (Å²) in [6, 6.07) is 8.09. The molecule has 1 unspecified atom stereocenters. The molecule has 1 aliphatic rings. The van der Waals surface area contributed by atoms with Crippen LogP contribution in [0.15, 0.2) is 36.4 Å². The van der Waals surface area contributed by atoms with Crippen molar-refractivity contribution in [2.45, 2.75) is 18.9 Å². The van der Waals surface area contributed by atoms with E-state index in [0.29, 0.717) is 12.6 Å². The first-order chi connectivity index (χ1) is 9.83. The van der Waals surface area contributed by atoms with E-state index in [9.17, 15) is 0 Å². The van der Waals surface area contributed by atoms with Gasteiger partial charge in [-0.1, -0.05) is 12.2 Å². The molecule has 0 aliphatic carbocycles. The quantitative estimate of drug-likeness (QED) is 0.611. The van der Waals surface area contributed by atoms with Crippen molar-refractivity contribution < 1.29 is 9.47 Å². The number of ether oxygens (including phenoxy) is 2. The smallest absolute Gasteiger partial charge is 0.119 e. The summed E-state index contributed by atoms with van der Waals surface area (Å²) in [5.41, 5.74) is 5.78. The first-order valence-electron chi connectivity index (χ1n) is 7.21. The van der Waals surface area contributed by atoms with Crippen molar-refractivity contribution in [1.82, 2.24) is 4.90 Å². The molecule has 0 radical (unpaired) electrons. The summed E-state index contributed by atoms with van der Waals surface area (Å²) in [4.78, 5) is 2.43. The number of methoxy groups -OCH3 is 1. The van der Waals surface area contributed by atoms with Crippen LogP contribution in [0, 0.1) is 0 Å². The van der Waals surface area contributed by atoms with Crippen LogP contribution in [-0.4, -0.2) is 44.3 Å². The Morgan fingerprint density at radius 1 is 1.25 bits per heavy atom. The van der Waals surface area contributed by atoms with E-state index in [2.05, 4.69) is 17.1 Å². The Morgan fingerprint density at radius 3 is 2.70 bits per heavy atom. The second kappa shape index (κ2) is 7.92. The van der Waals surface area contributed by atoms with Crippen LogP contribution in [0.5, 0.6) is 11.5 Å². The third-order valence-corrected chi connectivity index (χ3v) is 3.57. The normalized spacial score (nSPS) is 19.0. The lowest BCUT2D eigenvalue weighted by molar-refractivity contribution is 0.202. The van der Waals surface area contributed by atoms with Crippen molar-refractivity contribution in [3.8, 4) is 11.5 Å². The van der Waals surface area contributed by atoms with Gasteiger partial charge in [0, 0.05) is 25.7 Å². The zero-order valence-corrected chi connectivity index (χ0v) is 12.1. The number of rotatable bonds is 7. The van der Waals surface area contributed by atoms with Gasteiger partial charge in [0.25, 0.3) is 0 Å². The van der Waals surface area contributed by atoms with Crippen molar-refractivity contribution in [2.75, 3.05) is 33.4 Å². The number of nitrogens with zero attached hydrogens (tertiary/aromatic N) is 1. The summed E-state index contributed by atoms with van der Waals surface area (Å²) >= 11 is 0. The van der Waals surface area contributed by atoms with Crippen LogP contribution in [-0.2, 0) is 0 Å². The summed E-state index contributed by atoms with van der Waals surface area (Å²) in [6.45, 7) is 3.54. The minimum absolute atomic E-state index is 0.393. The molecule has 20 heavy (non-hydrogen) atoms. The Bertz CT molecular complexity index is 417. The van der Waals surface area contributed by atoms with Crippen LogP contribution in [0.25, 0.3) is 0 Å². The second-order valence-corrected chi connectivity index (χ2v) is 4.93. The average molecular weight is 276 g/mol. The molecule has 1 atom stereocenters. The number of nitrogens with two attached hydrogens (primary N) is 1. The topological polar surface area (TPSA) is 47.7 Å². The molecule has 0 fully saturated rings. The number of benzene rings is 1. The zero-order valence-electron chi connectivity index (χ0n) is 12.1. The maximum atomic E-state index is 5.78. The molecule has 0 bridgehead atoms. The lowest BCUT2D eigenvalue weighted by Gasteiger charge is -2.31. The molecular weight excluding hydrogens is 252 g/mol. The molecule has 2 rings (SSSR count). The molecule has 0 saturated heterocycles. The molecule has 1 heterocycles. The van der Waals surface area contributed by atoms with Gasteiger partial charge in [0.05, 0.1) is 13.7 Å². The largest absolute Gasteiger partial charge is 0.497 e. The van der Waals surface area contributed by atoms with E-state index < -0.39 is 0 Å². The van der Waals surface area contributed by atoms with Crippen LogP contribution in [0.4, 0.5) is 0 Å². The van der Waals surface area contributed by atoms with Gasteiger partial charge in [-0.3, -0.25) is 4.90 Å². The summed E-state index contributed by atoms with van der Waals surface area (Å²) < 4.78 is 10.9. The van der Waals surface area contributed by atoms with E-state index in [1.807, 2.05) is 24.3 Å². The Kier molecular flexibility index (Phi) is 5.89. The fourth-order valence-corrected chi connectivity index (χ4v) is 2.42. The molecule has 0 spiro atoms. The van der Waals surface area contributed by atoms with Gasteiger partial charge in [0.15, 0.2) is 0 Å². The van der Waals surface area contributed by atoms with Crippen LogP contribution in [0.1, 0.15) is 12.8 Å². The minimum atomic E-state index is 0.393. The molecule has 1 aromatic rings. The highest BCUT2D eigenvalue weighted by molar-refractivity contribution is 5.31. The van der Waals surface area contributed by atoms with Crippen molar-refractivity contribution in [3.05, 3.63) is 36.4 Å². The van der Waals surface area contributed by atoms with E-state index in [1.165, 1.54) is 0 Å². The van der Waals surface area contributed by atoms with Crippen LogP contribution in [0.2, 0.25) is 0 Å². The molecular formula is C16H24N2O2. The third-order valence-electron chi connectivity index (χ3n) is 3.57. The van der Waals surface area contributed by atoms with E-state index in [-0.39, 0.29) is 0 Å². The van der Waals surface area contributed by atoms with E-state index in [0.717, 1.165) is 44.0 Å². The maximum absolute atomic E-state index is 5.78. The van der Waals surface area contributed by atoms with Gasteiger partial charge < -0.3 is 15.2 Å². The van der Waals surface area contributed by atoms with Gasteiger partial charge >= 0.3 is 0 Å². The first kappa shape index (κ1) is 14.9. The predicted octanol–water partition coefficient (Wildman–Crippen LogP) is 2.05. The summed E-state index contributed by atoms with van der Waals surface area (Å²) in [6.07, 6.45) is 6.57. The SMILES string of the molecule is COc1ccc(OCCCN2CCC=CC2CN)cc1. The molecule has 2 N–H and O–H groups in total. The first-order valence-corrected chi connectivity index (χ1v) is 7.21. The van der Waals surface area contributed by atoms with E-state index in [1.54, 1.807) is 7.11 Å². The molecule has 1 aromatic carbocycles. The lowest BCUT2D eigenvalue weighted by atomic mass is 10.1. The van der Waals surface area contributed by atoms with Gasteiger partial charge in [0.2, 0.25) is 0 Å². The molecule has 0 saturated carbocycles. The second-order valence-electron chi connectivity index (χ2n) is 4.93. The standard InChI is InChI=1S/C16H24N2O2/c1-19-15-6-8-16(9-7-15)20-12-4-11-18-10-3-2-5-14(18)13-17/h2,5-9,14H,3-4,10-13,17H2,1H3. The van der Waals surface area contributed by atoms with Crippen molar-refractivity contribution in [3.63, 3.8) is 0 Å². The molecule has 0 aromatic heterocycles. The van der Waals surface area contributed by atoms with Gasteiger partial charge in [-0.25, -0.2) is 0 Å². The Hall–Kier alpha value is -1.52. The van der Waals surface area contributed by atoms with Crippen molar-refractivity contribution >= 4 is 0 Å². The number of hydrogen-bond donors (Lipinski definition) is 1. The Balaban J connectivity index is 1.69. The minimum Gasteiger partial charge on any atom is -0.497 e. The Morgan fingerprint density at radius 2 is 2.00 bits per heavy atom. The monoisotopic (exact) mass is 276 g/mol. The van der Waals surface area contributed by atoms with Gasteiger partial charge in [0.1, 0.15) is 11.5 Å². The molecule has 4 nitrogen and oxygen atoms in total. The van der Waals surface area contributed by atoms with Crippen molar-refractivity contribution in [1.29, 1.82) is 0 Å². The van der Waals surface area contributed by atoms with Gasteiger partial charge in [-0.15, -0.1) is 0 Å². The third kappa shape index (κ3) is 4.25. The lowest BCUT2D eigenvalue weighted by Crippen LogP contribution is -2.42. The highest BCUT2D eigenvalue weighted by Gasteiger charge is 2.16. The molecule has 4 heteroatoms. The molecule has 110 valence electrons. The predicted molar refractivity (Wildman–Crippen MR) is 81.3 cm³/mol. The maximum Gasteiger partial charge on any atom is 0.119 e. The van der Waals surface area contributed by atoms with Crippen LogP contribution < -0.4 is 15.2 Å². The molecule has 1 aliphatic heterocycles. The number of hydrogen-bond acceptors (Lipinski definition) is 4. The highest BCUT2D eigenvalue weighted by Crippen LogP contribution is 2.17. The van der Waals surface area contributed by atoms with Crippen LogP contribution in [0.3, 0.4) is 0 Å². The summed E-state index contributed by atoms with van der Waals surface area (Å²) in [7, 11) is 1.66. The van der Waals surface area contributed by atoms with Crippen LogP contribution >= 0.6 is 0 Å². The summed E-state index contributed by atoms with van der Waals surface area (Å²) in [5, 5.41) is 0. The highest BCUT2D eigenvalue weighted by atomic mass is 16.5. The Labute approximate surface area is 121 Å². The average Bonchev–Trinajstić information content (AvgIpc) is 2.52. The van der Waals surface area contributed by atoms with E-state index >= 15 is 0 Å².